The molecule has 108 valence electrons. The Bertz CT molecular complexity index is 509. The normalized spacial score (nSPS) is 10.2. The molecule has 0 saturated carbocycles. The summed E-state index contributed by atoms with van der Waals surface area (Å²) in [5.74, 6) is -0.713. The van der Waals surface area contributed by atoms with Crippen LogP contribution in [0.5, 0.6) is 0 Å². The van der Waals surface area contributed by atoms with E-state index in [0.29, 0.717) is 15.6 Å². The predicted octanol–water partition coefficient (Wildman–Crippen LogP) is 3.47. The summed E-state index contributed by atoms with van der Waals surface area (Å²) in [7, 11) is 0. The number of ether oxygens (including phenoxy) is 1. The van der Waals surface area contributed by atoms with E-state index in [9.17, 15) is 9.59 Å². The molecule has 1 rings (SSSR count). The maximum atomic E-state index is 11.9. The van der Waals surface area contributed by atoms with Crippen LogP contribution in [0.3, 0.4) is 0 Å². The topological polar surface area (TPSA) is 67.2 Å². The van der Waals surface area contributed by atoms with Crippen molar-refractivity contribution in [1.29, 1.82) is 5.41 Å². The highest BCUT2D eigenvalue weighted by Crippen LogP contribution is 2.25. The summed E-state index contributed by atoms with van der Waals surface area (Å²) in [6.45, 7) is 1.95. The average molecular weight is 316 g/mol. The quantitative estimate of drug-likeness (QED) is 0.619. The van der Waals surface area contributed by atoms with Gasteiger partial charge in [0.25, 0.3) is 0 Å². The van der Waals surface area contributed by atoms with Gasteiger partial charge >= 0.3 is 5.97 Å². The first-order valence-electron chi connectivity index (χ1n) is 6.10. The first-order valence-corrected chi connectivity index (χ1v) is 6.86. The second kappa shape index (κ2) is 8.02. The van der Waals surface area contributed by atoms with E-state index in [-0.39, 0.29) is 37.4 Å². The summed E-state index contributed by atoms with van der Waals surface area (Å²) in [6.07, 6.45) is -0.236. The molecular weight excluding hydrogens is 301 g/mol. The minimum Gasteiger partial charge on any atom is -0.466 e. The van der Waals surface area contributed by atoms with Gasteiger partial charge in [0.15, 0.2) is 0 Å². The Morgan fingerprint density at radius 3 is 2.35 bits per heavy atom. The van der Waals surface area contributed by atoms with Gasteiger partial charge in [-0.3, -0.25) is 9.59 Å². The highest BCUT2D eigenvalue weighted by atomic mass is 35.5. The van der Waals surface area contributed by atoms with Crippen LogP contribution in [0.25, 0.3) is 0 Å². The van der Waals surface area contributed by atoms with E-state index in [4.69, 9.17) is 33.3 Å². The Kier molecular flexibility index (Phi) is 6.68. The molecule has 0 heterocycles. The molecule has 4 nitrogen and oxygen atoms in total. The van der Waals surface area contributed by atoms with E-state index in [1.807, 2.05) is 0 Å². The van der Waals surface area contributed by atoms with E-state index in [2.05, 4.69) is 0 Å². The lowest BCUT2D eigenvalue weighted by Crippen LogP contribution is -2.15. The first kappa shape index (κ1) is 16.7. The summed E-state index contributed by atoms with van der Waals surface area (Å²) < 4.78 is 4.72. The van der Waals surface area contributed by atoms with Crippen molar-refractivity contribution in [2.24, 2.45) is 0 Å². The molecule has 1 N–H and O–H groups in total. The number of benzene rings is 1. The number of rotatable bonds is 7. The van der Waals surface area contributed by atoms with Crippen molar-refractivity contribution in [1.82, 2.24) is 0 Å². The Labute approximate surface area is 127 Å². The summed E-state index contributed by atoms with van der Waals surface area (Å²) in [4.78, 5) is 23.0. The van der Waals surface area contributed by atoms with E-state index < -0.39 is 5.97 Å². The fourth-order valence-corrected chi connectivity index (χ4v) is 2.18. The molecule has 6 heteroatoms. The van der Waals surface area contributed by atoms with Crippen LogP contribution in [-0.2, 0) is 20.7 Å². The number of carbonyl (C=O) groups is 2. The molecule has 1 aromatic carbocycles. The Hall–Kier alpha value is -1.39. The third kappa shape index (κ3) is 5.31. The second-order valence-corrected chi connectivity index (χ2v) is 4.99. The summed E-state index contributed by atoms with van der Waals surface area (Å²) in [5.41, 5.74) is 0.571. The van der Waals surface area contributed by atoms with Crippen molar-refractivity contribution in [2.45, 2.75) is 26.2 Å². The first-order chi connectivity index (χ1) is 9.43. The van der Waals surface area contributed by atoms with Crippen LogP contribution < -0.4 is 0 Å². The standard InChI is InChI=1S/C14H15Cl2NO3/c1-2-20-14(19)7-9(17)6-10(18)8-11-12(15)4-3-5-13(11)16/h3-5,17H,2,6-8H2,1H3. The summed E-state index contributed by atoms with van der Waals surface area (Å²) in [5, 5.41) is 8.45. The number of ketones is 1. The molecule has 0 aliphatic carbocycles. The van der Waals surface area contributed by atoms with Gasteiger partial charge in [-0.1, -0.05) is 29.3 Å². The van der Waals surface area contributed by atoms with Gasteiger partial charge in [-0.25, -0.2) is 0 Å². The number of nitrogens with one attached hydrogen (secondary N) is 1. The van der Waals surface area contributed by atoms with Gasteiger partial charge in [0.2, 0.25) is 0 Å². The second-order valence-electron chi connectivity index (χ2n) is 4.18. The fourth-order valence-electron chi connectivity index (χ4n) is 1.65. The molecule has 0 bridgehead atoms. The van der Waals surface area contributed by atoms with Crippen molar-refractivity contribution in [2.75, 3.05) is 6.61 Å². The molecule has 0 aliphatic heterocycles. The highest BCUT2D eigenvalue weighted by molar-refractivity contribution is 6.36. The lowest BCUT2D eigenvalue weighted by molar-refractivity contribution is -0.141. The third-order valence-electron chi connectivity index (χ3n) is 2.51. The highest BCUT2D eigenvalue weighted by Gasteiger charge is 2.14. The molecule has 0 radical (unpaired) electrons. The van der Waals surface area contributed by atoms with Crippen molar-refractivity contribution in [3.8, 4) is 0 Å². The number of hydrogen-bond acceptors (Lipinski definition) is 4. The fraction of sp³-hybridized carbons (Fsp3) is 0.357. The van der Waals surface area contributed by atoms with Crippen molar-refractivity contribution in [3.05, 3.63) is 33.8 Å². The minimum absolute atomic E-state index is 0.0247. The molecular formula is C14H15Cl2NO3. The lowest BCUT2D eigenvalue weighted by Gasteiger charge is -2.07. The minimum atomic E-state index is -0.499. The maximum absolute atomic E-state index is 11.9. The molecule has 0 atom stereocenters. The predicted molar refractivity (Wildman–Crippen MR) is 78.8 cm³/mol. The SMILES string of the molecule is CCOC(=O)CC(=N)CC(=O)Cc1c(Cl)cccc1Cl. The number of esters is 1. The molecule has 0 unspecified atom stereocenters. The molecule has 0 spiro atoms. The molecule has 20 heavy (non-hydrogen) atoms. The van der Waals surface area contributed by atoms with Gasteiger partial charge in [-0.05, 0) is 24.6 Å². The van der Waals surface area contributed by atoms with Gasteiger partial charge < -0.3 is 10.1 Å². The van der Waals surface area contributed by atoms with Crippen LogP contribution in [0.15, 0.2) is 18.2 Å². The van der Waals surface area contributed by atoms with Gasteiger partial charge in [-0.2, -0.15) is 0 Å². The molecule has 1 aromatic rings. The van der Waals surface area contributed by atoms with E-state index in [0.717, 1.165) is 0 Å². The molecule has 0 aromatic heterocycles. The third-order valence-corrected chi connectivity index (χ3v) is 3.22. The monoisotopic (exact) mass is 315 g/mol. The average Bonchev–Trinajstić information content (AvgIpc) is 2.34. The van der Waals surface area contributed by atoms with Gasteiger partial charge in [0, 0.05) is 28.6 Å². The van der Waals surface area contributed by atoms with Crippen LogP contribution in [0.2, 0.25) is 10.0 Å². The maximum Gasteiger partial charge on any atom is 0.311 e. The zero-order valence-corrected chi connectivity index (χ0v) is 12.6. The number of halogens is 2. The Morgan fingerprint density at radius 1 is 1.20 bits per heavy atom. The van der Waals surface area contributed by atoms with Gasteiger partial charge in [0.05, 0.1) is 13.0 Å². The Balaban J connectivity index is 2.56. The smallest absolute Gasteiger partial charge is 0.311 e. The van der Waals surface area contributed by atoms with Crippen LogP contribution in [-0.4, -0.2) is 24.1 Å². The van der Waals surface area contributed by atoms with Crippen molar-refractivity contribution >= 4 is 40.7 Å². The molecule has 0 saturated heterocycles. The van der Waals surface area contributed by atoms with Crippen molar-refractivity contribution in [3.63, 3.8) is 0 Å². The zero-order valence-electron chi connectivity index (χ0n) is 11.0. The molecule has 0 fully saturated rings. The van der Waals surface area contributed by atoms with E-state index in [1.54, 1.807) is 25.1 Å². The molecule has 0 aliphatic rings. The van der Waals surface area contributed by atoms with Gasteiger partial charge in [-0.15, -0.1) is 0 Å². The summed E-state index contributed by atoms with van der Waals surface area (Å²) >= 11 is 11.9. The number of carbonyl (C=O) groups excluding carboxylic acids is 2. The lowest BCUT2D eigenvalue weighted by atomic mass is 10.0. The number of hydrogen-bond donors (Lipinski definition) is 1. The Morgan fingerprint density at radius 2 is 1.80 bits per heavy atom. The largest absolute Gasteiger partial charge is 0.466 e. The van der Waals surface area contributed by atoms with Crippen LogP contribution in [0.1, 0.15) is 25.3 Å². The van der Waals surface area contributed by atoms with Crippen LogP contribution in [0, 0.1) is 5.41 Å². The van der Waals surface area contributed by atoms with Gasteiger partial charge in [0.1, 0.15) is 5.78 Å². The van der Waals surface area contributed by atoms with Crippen molar-refractivity contribution < 1.29 is 14.3 Å². The van der Waals surface area contributed by atoms with E-state index >= 15 is 0 Å². The summed E-state index contributed by atoms with van der Waals surface area (Å²) in [6, 6.07) is 5.00. The zero-order chi connectivity index (χ0) is 15.1. The van der Waals surface area contributed by atoms with E-state index in [1.165, 1.54) is 0 Å². The van der Waals surface area contributed by atoms with Crippen LogP contribution >= 0.6 is 23.2 Å². The number of Topliss-reactive ketones (excluding diaryl/α,β-unsaturated/α-hetero) is 1. The van der Waals surface area contributed by atoms with Crippen LogP contribution in [0.4, 0.5) is 0 Å². The molecule has 0 amide bonds.